The molecule has 1 atom stereocenters. The van der Waals surface area contributed by atoms with E-state index < -0.39 is 18.0 Å². The van der Waals surface area contributed by atoms with Gasteiger partial charge in [0.15, 0.2) is 6.10 Å². The van der Waals surface area contributed by atoms with Gasteiger partial charge in [0.1, 0.15) is 6.54 Å². The number of amides is 1. The summed E-state index contributed by atoms with van der Waals surface area (Å²) in [5.74, 6) is -0.975. The number of rotatable bonds is 7. The van der Waals surface area contributed by atoms with Gasteiger partial charge in [0.25, 0.3) is 5.91 Å². The van der Waals surface area contributed by atoms with Crippen LogP contribution in [0.1, 0.15) is 26.5 Å². The minimum absolute atomic E-state index is 0.0179. The van der Waals surface area contributed by atoms with Gasteiger partial charge in [0.05, 0.1) is 17.1 Å². The van der Waals surface area contributed by atoms with Crippen LogP contribution in [0.3, 0.4) is 0 Å². The van der Waals surface area contributed by atoms with Crippen molar-refractivity contribution in [2.45, 2.75) is 40.3 Å². The summed E-state index contributed by atoms with van der Waals surface area (Å²) in [6, 6.07) is 19.2. The van der Waals surface area contributed by atoms with Gasteiger partial charge < -0.3 is 20.4 Å². The Labute approximate surface area is 187 Å². The van der Waals surface area contributed by atoms with E-state index in [1.165, 1.54) is 6.92 Å². The van der Waals surface area contributed by atoms with Crippen molar-refractivity contribution >= 4 is 34.2 Å². The number of hydrogen-bond acceptors (Lipinski definition) is 5. The fraction of sp³-hybridized carbons (Fsp3) is 0.240. The maximum atomic E-state index is 12.7. The summed E-state index contributed by atoms with van der Waals surface area (Å²) >= 11 is 0. The number of esters is 1. The Hall–Kier alpha value is -3.87. The lowest BCUT2D eigenvalue weighted by atomic mass is 10.2. The van der Waals surface area contributed by atoms with Crippen LogP contribution in [-0.2, 0) is 20.9 Å². The molecule has 0 saturated carbocycles. The molecule has 166 valence electrons. The maximum absolute atomic E-state index is 12.7. The third-order valence-electron chi connectivity index (χ3n) is 5.04. The van der Waals surface area contributed by atoms with Crippen molar-refractivity contribution < 1.29 is 14.3 Å². The van der Waals surface area contributed by atoms with Crippen molar-refractivity contribution in [1.29, 1.82) is 0 Å². The first-order chi connectivity index (χ1) is 15.3. The Morgan fingerprint density at radius 3 is 2.44 bits per heavy atom. The molecular formula is C25H28N4O3. The van der Waals surface area contributed by atoms with Crippen molar-refractivity contribution in [2.75, 3.05) is 0 Å². The third kappa shape index (κ3) is 5.43. The van der Waals surface area contributed by atoms with E-state index in [1.807, 2.05) is 72.2 Å². The van der Waals surface area contributed by atoms with Gasteiger partial charge in [-0.05, 0) is 57.3 Å². The number of carbonyl (C=O) groups is 2. The molecule has 7 heteroatoms. The second-order valence-corrected chi connectivity index (χ2v) is 7.64. The molecule has 3 aromatic rings. The van der Waals surface area contributed by atoms with E-state index in [2.05, 4.69) is 10.3 Å². The average molecular weight is 433 g/mol. The molecule has 3 rings (SSSR count). The first-order valence-electron chi connectivity index (χ1n) is 10.4. The molecule has 0 radical (unpaired) electrons. The molecule has 1 heterocycles. The highest BCUT2D eigenvalue weighted by Crippen LogP contribution is 2.19. The minimum atomic E-state index is -0.997. The smallest absolute Gasteiger partial charge is 0.326 e. The topological polar surface area (TPSA) is 98.7 Å². The summed E-state index contributed by atoms with van der Waals surface area (Å²) in [6.45, 7) is 6.91. The van der Waals surface area contributed by atoms with E-state index in [-0.39, 0.29) is 6.54 Å². The molecule has 1 unspecified atom stereocenters. The van der Waals surface area contributed by atoms with E-state index in [9.17, 15) is 9.59 Å². The summed E-state index contributed by atoms with van der Waals surface area (Å²) in [6.07, 6.45) is -0.997. The van der Waals surface area contributed by atoms with Gasteiger partial charge >= 0.3 is 5.97 Å². The highest BCUT2D eigenvalue weighted by atomic mass is 16.5. The molecular weight excluding hydrogens is 404 g/mol. The van der Waals surface area contributed by atoms with Gasteiger partial charge in [-0.1, -0.05) is 36.4 Å². The first kappa shape index (κ1) is 22.8. The van der Waals surface area contributed by atoms with Crippen molar-refractivity contribution in [3.05, 3.63) is 77.8 Å². The number of nitrogens with two attached hydrogens (primary N) is 1. The number of para-hydroxylation sites is 2. The molecule has 2 aromatic carbocycles. The Morgan fingerprint density at radius 1 is 1.09 bits per heavy atom. The number of carbonyl (C=O) groups excluding carboxylic acids is 2. The second kappa shape index (κ2) is 9.96. The van der Waals surface area contributed by atoms with Crippen LogP contribution < -0.4 is 11.1 Å². The minimum Gasteiger partial charge on any atom is -0.451 e. The number of nitrogens with one attached hydrogen (secondary N) is 1. The van der Waals surface area contributed by atoms with Crippen molar-refractivity contribution in [1.82, 2.24) is 9.88 Å². The van der Waals surface area contributed by atoms with Crippen molar-refractivity contribution in [3.63, 3.8) is 0 Å². The van der Waals surface area contributed by atoms with Gasteiger partial charge in [-0.2, -0.15) is 0 Å². The molecule has 0 saturated heterocycles. The Kier molecular flexibility index (Phi) is 7.10. The van der Waals surface area contributed by atoms with Gasteiger partial charge in [-0.15, -0.1) is 0 Å². The SMILES string of the molecule is CC(=Nc1ccccc1)C(NC(=O)C(C)OC(=O)Cn1c(C)cc2ccccc21)=C(C)N. The third-order valence-corrected chi connectivity index (χ3v) is 5.04. The number of nitrogens with zero attached hydrogens (tertiary/aromatic N) is 2. The summed E-state index contributed by atoms with van der Waals surface area (Å²) < 4.78 is 7.26. The Bertz CT molecular complexity index is 1190. The second-order valence-electron chi connectivity index (χ2n) is 7.64. The maximum Gasteiger partial charge on any atom is 0.326 e. The van der Waals surface area contributed by atoms with E-state index in [0.717, 1.165) is 22.3 Å². The van der Waals surface area contributed by atoms with Gasteiger partial charge in [-0.3, -0.25) is 14.6 Å². The highest BCUT2D eigenvalue weighted by molar-refractivity contribution is 6.03. The fourth-order valence-electron chi connectivity index (χ4n) is 3.43. The van der Waals surface area contributed by atoms with Crippen LogP contribution in [0.2, 0.25) is 0 Å². The fourth-order valence-corrected chi connectivity index (χ4v) is 3.43. The summed E-state index contributed by atoms with van der Waals surface area (Å²) in [5, 5.41) is 3.79. The highest BCUT2D eigenvalue weighted by Gasteiger charge is 2.21. The lowest BCUT2D eigenvalue weighted by Crippen LogP contribution is -2.38. The first-order valence-corrected chi connectivity index (χ1v) is 10.4. The summed E-state index contributed by atoms with van der Waals surface area (Å²) in [4.78, 5) is 29.7. The molecule has 1 aromatic heterocycles. The van der Waals surface area contributed by atoms with Crippen LogP contribution in [0.15, 0.2) is 77.1 Å². The number of fused-ring (bicyclic) bond motifs is 1. The number of aromatic nitrogens is 1. The number of benzene rings is 2. The summed E-state index contributed by atoms with van der Waals surface area (Å²) in [7, 11) is 0. The average Bonchev–Trinajstić information content (AvgIpc) is 3.07. The van der Waals surface area contributed by atoms with Crippen molar-refractivity contribution in [3.8, 4) is 0 Å². The quantitative estimate of drug-likeness (QED) is 0.436. The monoisotopic (exact) mass is 432 g/mol. The lowest BCUT2D eigenvalue weighted by Gasteiger charge is -2.17. The van der Waals surface area contributed by atoms with Crippen LogP contribution in [0.5, 0.6) is 0 Å². The number of aryl methyl sites for hydroxylation is 1. The van der Waals surface area contributed by atoms with Crippen LogP contribution in [0.4, 0.5) is 5.69 Å². The lowest BCUT2D eigenvalue weighted by molar-refractivity contribution is -0.155. The van der Waals surface area contributed by atoms with E-state index in [1.54, 1.807) is 13.8 Å². The zero-order chi connectivity index (χ0) is 23.3. The van der Waals surface area contributed by atoms with Crippen LogP contribution in [0.25, 0.3) is 10.9 Å². The molecule has 3 N–H and O–H groups in total. The molecule has 0 bridgehead atoms. The molecule has 0 spiro atoms. The molecule has 0 aliphatic rings. The van der Waals surface area contributed by atoms with E-state index in [0.29, 0.717) is 17.1 Å². The van der Waals surface area contributed by atoms with Gasteiger partial charge in [-0.25, -0.2) is 0 Å². The number of hydrogen-bond donors (Lipinski definition) is 2. The molecule has 0 aliphatic heterocycles. The molecule has 1 amide bonds. The van der Waals surface area contributed by atoms with Crippen molar-refractivity contribution in [2.24, 2.45) is 10.7 Å². The van der Waals surface area contributed by atoms with E-state index in [4.69, 9.17) is 10.5 Å². The Balaban J connectivity index is 1.66. The summed E-state index contributed by atoms with van der Waals surface area (Å²) in [5.41, 5.74) is 9.95. The van der Waals surface area contributed by atoms with Crippen LogP contribution >= 0.6 is 0 Å². The standard InChI is InChI=1S/C25H28N4O3/c1-16-14-20-10-8-9-13-22(20)29(16)15-23(30)32-19(4)25(31)28-24(17(2)26)18(3)27-21-11-6-5-7-12-21/h5-14,19H,15,26H2,1-4H3,(H,28,31). The molecule has 0 fully saturated rings. The largest absolute Gasteiger partial charge is 0.451 e. The number of allylic oxidation sites excluding steroid dienone is 2. The zero-order valence-corrected chi connectivity index (χ0v) is 18.8. The van der Waals surface area contributed by atoms with Gasteiger partial charge in [0, 0.05) is 16.9 Å². The predicted molar refractivity (Wildman–Crippen MR) is 126 cm³/mol. The normalized spacial score (nSPS) is 13.4. The molecule has 0 aliphatic carbocycles. The van der Waals surface area contributed by atoms with Crippen LogP contribution in [-0.4, -0.2) is 28.3 Å². The zero-order valence-electron chi connectivity index (χ0n) is 18.8. The molecule has 7 nitrogen and oxygen atoms in total. The Morgan fingerprint density at radius 2 is 1.75 bits per heavy atom. The van der Waals surface area contributed by atoms with Crippen LogP contribution in [0, 0.1) is 6.92 Å². The van der Waals surface area contributed by atoms with E-state index >= 15 is 0 Å². The number of ether oxygens (including phenoxy) is 1. The number of aliphatic imine (C=N–C) groups is 1. The molecule has 32 heavy (non-hydrogen) atoms. The van der Waals surface area contributed by atoms with Gasteiger partial charge in [0.2, 0.25) is 0 Å². The predicted octanol–water partition coefficient (Wildman–Crippen LogP) is 3.98.